The van der Waals surface area contributed by atoms with Crippen LogP contribution in [0.15, 0.2) is 29.0 Å². The van der Waals surface area contributed by atoms with E-state index in [-0.39, 0.29) is 23.9 Å². The monoisotopic (exact) mass is 305 g/mol. The summed E-state index contributed by atoms with van der Waals surface area (Å²) < 4.78 is 31.4. The van der Waals surface area contributed by atoms with Crippen molar-refractivity contribution in [1.82, 2.24) is 4.31 Å². The number of aliphatic hydroxyl groups excluding tert-OH is 1. The van der Waals surface area contributed by atoms with Crippen LogP contribution in [0.3, 0.4) is 0 Å². The fraction of sp³-hybridized carbons (Fsp3) is 0.500. The summed E-state index contributed by atoms with van der Waals surface area (Å²) in [6.45, 7) is 4.46. The lowest BCUT2D eigenvalue weighted by molar-refractivity contribution is 0.182. The minimum atomic E-state index is -3.51. The van der Waals surface area contributed by atoms with Gasteiger partial charge in [-0.15, -0.1) is 17.9 Å². The van der Waals surface area contributed by atoms with Gasteiger partial charge in [0.1, 0.15) is 4.21 Å². The number of sulfonamides is 1. The minimum absolute atomic E-state index is 0.0139. The first kappa shape index (κ1) is 16.3. The zero-order valence-electron chi connectivity index (χ0n) is 10.9. The predicted octanol–water partition coefficient (Wildman–Crippen LogP) is 1.11. The smallest absolute Gasteiger partial charge is 0.252 e. The van der Waals surface area contributed by atoms with Crippen molar-refractivity contribution in [2.75, 3.05) is 33.4 Å². The van der Waals surface area contributed by atoms with Gasteiger partial charge in [-0.25, -0.2) is 8.42 Å². The molecule has 5 nitrogen and oxygen atoms in total. The summed E-state index contributed by atoms with van der Waals surface area (Å²) in [4.78, 5) is 0.853. The second-order valence-corrected chi connectivity index (χ2v) is 7.17. The summed E-state index contributed by atoms with van der Waals surface area (Å²) in [5.74, 6) is 0. The molecule has 1 N–H and O–H groups in total. The predicted molar refractivity (Wildman–Crippen MR) is 75.9 cm³/mol. The maximum Gasteiger partial charge on any atom is 0.252 e. The zero-order valence-corrected chi connectivity index (χ0v) is 12.5. The molecule has 0 spiro atoms. The van der Waals surface area contributed by atoms with Crippen LogP contribution in [-0.4, -0.2) is 51.2 Å². The van der Waals surface area contributed by atoms with Gasteiger partial charge in [0.15, 0.2) is 0 Å². The number of thiophene rings is 1. The Labute approximate surface area is 118 Å². The first-order valence-corrected chi connectivity index (χ1v) is 8.11. The van der Waals surface area contributed by atoms with Gasteiger partial charge in [0.05, 0.1) is 6.61 Å². The quantitative estimate of drug-likeness (QED) is 0.694. The van der Waals surface area contributed by atoms with Gasteiger partial charge < -0.3 is 9.84 Å². The molecule has 0 aromatic carbocycles. The summed E-state index contributed by atoms with van der Waals surface area (Å²) in [5.41, 5.74) is 0. The average Bonchev–Trinajstić information content (AvgIpc) is 2.84. The first-order chi connectivity index (χ1) is 9.06. The van der Waals surface area contributed by atoms with Crippen molar-refractivity contribution in [3.8, 4) is 0 Å². The minimum Gasteiger partial charge on any atom is -0.396 e. The van der Waals surface area contributed by atoms with Crippen molar-refractivity contribution in [3.05, 3.63) is 29.7 Å². The van der Waals surface area contributed by atoms with Crippen LogP contribution >= 0.6 is 11.3 Å². The number of nitrogens with zero attached hydrogens (tertiary/aromatic N) is 1. The topological polar surface area (TPSA) is 66.8 Å². The standard InChI is InChI=1S/C12H19NO4S2/c1-3-7-13(8-10-17-2)19(15,16)12-5-4-11(18-12)6-9-14/h3-5,14H,1,6-10H2,2H3. The van der Waals surface area contributed by atoms with E-state index in [4.69, 9.17) is 9.84 Å². The molecule has 7 heteroatoms. The van der Waals surface area contributed by atoms with Crippen molar-refractivity contribution in [2.45, 2.75) is 10.6 Å². The molecular weight excluding hydrogens is 286 g/mol. The Kier molecular flexibility index (Phi) is 6.67. The second-order valence-electron chi connectivity index (χ2n) is 3.84. The van der Waals surface area contributed by atoms with Crippen LogP contribution in [0.5, 0.6) is 0 Å². The van der Waals surface area contributed by atoms with E-state index in [1.54, 1.807) is 18.2 Å². The molecule has 108 valence electrons. The van der Waals surface area contributed by atoms with Crippen LogP contribution in [-0.2, 0) is 21.2 Å². The molecular formula is C12H19NO4S2. The van der Waals surface area contributed by atoms with Crippen molar-refractivity contribution < 1.29 is 18.3 Å². The molecule has 0 saturated heterocycles. The highest BCUT2D eigenvalue weighted by atomic mass is 32.2. The summed E-state index contributed by atoms with van der Waals surface area (Å²) >= 11 is 1.19. The van der Waals surface area contributed by atoms with Gasteiger partial charge in [-0.3, -0.25) is 0 Å². The van der Waals surface area contributed by atoms with Gasteiger partial charge >= 0.3 is 0 Å². The van der Waals surface area contributed by atoms with Crippen molar-refractivity contribution in [3.63, 3.8) is 0 Å². The molecule has 0 fully saturated rings. The van der Waals surface area contributed by atoms with Crippen LogP contribution in [0, 0.1) is 0 Å². The second kappa shape index (κ2) is 7.76. The molecule has 0 aliphatic carbocycles. The Morgan fingerprint density at radius 2 is 2.26 bits per heavy atom. The van der Waals surface area contributed by atoms with Crippen LogP contribution in [0.25, 0.3) is 0 Å². The molecule has 0 radical (unpaired) electrons. The van der Waals surface area contributed by atoms with Crippen molar-refractivity contribution in [2.24, 2.45) is 0 Å². The molecule has 1 rings (SSSR count). The maximum atomic E-state index is 12.4. The summed E-state index contributed by atoms with van der Waals surface area (Å²) in [5, 5.41) is 8.86. The molecule has 0 bridgehead atoms. The molecule has 0 amide bonds. The van der Waals surface area contributed by atoms with E-state index >= 15 is 0 Å². The van der Waals surface area contributed by atoms with Crippen LogP contribution in [0.2, 0.25) is 0 Å². The average molecular weight is 305 g/mol. The molecule has 1 heterocycles. The summed E-state index contributed by atoms with van der Waals surface area (Å²) in [6.07, 6.45) is 2.02. The van der Waals surface area contributed by atoms with Gasteiger partial charge in [-0.1, -0.05) is 6.08 Å². The number of rotatable bonds is 9. The van der Waals surface area contributed by atoms with Gasteiger partial charge in [-0.2, -0.15) is 4.31 Å². The van der Waals surface area contributed by atoms with Gasteiger partial charge in [0.2, 0.25) is 0 Å². The fourth-order valence-electron chi connectivity index (χ4n) is 1.52. The van der Waals surface area contributed by atoms with Gasteiger partial charge in [-0.05, 0) is 12.1 Å². The Morgan fingerprint density at radius 3 is 2.84 bits per heavy atom. The van der Waals surface area contributed by atoms with E-state index in [2.05, 4.69) is 6.58 Å². The highest BCUT2D eigenvalue weighted by molar-refractivity contribution is 7.91. The van der Waals surface area contributed by atoms with Crippen LogP contribution in [0.1, 0.15) is 4.88 Å². The van der Waals surface area contributed by atoms with Crippen molar-refractivity contribution >= 4 is 21.4 Å². The van der Waals surface area contributed by atoms with E-state index in [9.17, 15) is 8.42 Å². The Hall–Kier alpha value is -0.730. The van der Waals surface area contributed by atoms with Gasteiger partial charge in [0, 0.05) is 38.1 Å². The number of ether oxygens (including phenoxy) is 1. The van der Waals surface area contributed by atoms with E-state index in [1.807, 2.05) is 0 Å². The van der Waals surface area contributed by atoms with Crippen molar-refractivity contribution in [1.29, 1.82) is 0 Å². The molecule has 1 aromatic rings. The van der Waals surface area contributed by atoms with Crippen LogP contribution in [0.4, 0.5) is 0 Å². The third-order valence-corrected chi connectivity index (χ3v) is 5.94. The SMILES string of the molecule is C=CCN(CCOC)S(=O)(=O)c1ccc(CCO)s1. The Balaban J connectivity index is 2.93. The normalized spacial score (nSPS) is 11.9. The number of hydrogen-bond acceptors (Lipinski definition) is 5. The fourth-order valence-corrected chi connectivity index (χ4v) is 4.41. The molecule has 1 aromatic heterocycles. The Bertz CT molecular complexity index is 496. The van der Waals surface area contributed by atoms with Crippen LogP contribution < -0.4 is 0 Å². The number of hydrogen-bond donors (Lipinski definition) is 1. The van der Waals surface area contributed by atoms with E-state index in [0.717, 1.165) is 4.88 Å². The Morgan fingerprint density at radius 1 is 1.53 bits per heavy atom. The molecule has 0 saturated carbocycles. The summed E-state index contributed by atoms with van der Waals surface area (Å²) in [6, 6.07) is 3.31. The largest absolute Gasteiger partial charge is 0.396 e. The molecule has 0 unspecified atom stereocenters. The molecule has 0 atom stereocenters. The number of aliphatic hydroxyl groups is 1. The number of methoxy groups -OCH3 is 1. The third kappa shape index (κ3) is 4.39. The molecule has 0 aliphatic rings. The van der Waals surface area contributed by atoms with E-state index in [1.165, 1.54) is 22.8 Å². The lowest BCUT2D eigenvalue weighted by atomic mass is 10.4. The lowest BCUT2D eigenvalue weighted by Crippen LogP contribution is -2.33. The third-order valence-electron chi connectivity index (χ3n) is 2.47. The highest BCUT2D eigenvalue weighted by Gasteiger charge is 2.24. The highest BCUT2D eigenvalue weighted by Crippen LogP contribution is 2.25. The zero-order chi connectivity index (χ0) is 14.3. The molecule has 19 heavy (non-hydrogen) atoms. The van der Waals surface area contributed by atoms with Gasteiger partial charge in [0.25, 0.3) is 10.0 Å². The first-order valence-electron chi connectivity index (χ1n) is 5.85. The lowest BCUT2D eigenvalue weighted by Gasteiger charge is -2.19. The van der Waals surface area contributed by atoms with E-state index < -0.39 is 10.0 Å². The molecule has 0 aliphatic heterocycles. The van der Waals surface area contributed by atoms with E-state index in [0.29, 0.717) is 13.0 Å². The maximum absolute atomic E-state index is 12.4. The summed E-state index contributed by atoms with van der Waals surface area (Å²) in [7, 11) is -1.98.